The monoisotopic (exact) mass is 390 g/mol. The van der Waals surface area contributed by atoms with Gasteiger partial charge in [0.1, 0.15) is 5.78 Å². The Bertz CT molecular complexity index is 358. The predicted molar refractivity (Wildman–Crippen MR) is 94.4 cm³/mol. The predicted octanol–water partition coefficient (Wildman–Crippen LogP) is 6.08. The molecule has 0 aliphatic heterocycles. The Hall–Kier alpha value is 0.400. The second kappa shape index (κ2) is 6.26. The molecule has 0 aromatic carbocycles. The van der Waals surface area contributed by atoms with Crippen molar-refractivity contribution in [1.82, 2.24) is 0 Å². The Morgan fingerprint density at radius 3 is 2.50 bits per heavy atom. The molecule has 116 valence electrons. The van der Waals surface area contributed by atoms with Crippen LogP contribution in [0.5, 0.6) is 0 Å². The lowest BCUT2D eigenvalue weighted by molar-refractivity contribution is -0.127. The van der Waals surface area contributed by atoms with E-state index in [-0.39, 0.29) is 5.41 Å². The normalized spacial score (nSPS) is 34.6. The number of halogens is 1. The van der Waals surface area contributed by atoms with Gasteiger partial charge in [0.05, 0.1) is 0 Å². The molecule has 2 fully saturated rings. The Morgan fingerprint density at radius 1 is 1.10 bits per heavy atom. The third-order valence-electron chi connectivity index (χ3n) is 6.15. The van der Waals surface area contributed by atoms with Crippen LogP contribution in [0.4, 0.5) is 0 Å². The highest BCUT2D eigenvalue weighted by molar-refractivity contribution is 14.1. The number of fused-ring (bicyclic) bond motifs is 2. The first-order valence-electron chi connectivity index (χ1n) is 8.53. The van der Waals surface area contributed by atoms with Gasteiger partial charge in [-0.25, -0.2) is 0 Å². The molecule has 0 saturated heterocycles. The van der Waals surface area contributed by atoms with Crippen molar-refractivity contribution in [2.24, 2.45) is 10.8 Å². The lowest BCUT2D eigenvalue weighted by atomic mass is 9.72. The van der Waals surface area contributed by atoms with E-state index >= 15 is 0 Å². The maximum atomic E-state index is 12.4. The van der Waals surface area contributed by atoms with E-state index in [1.807, 2.05) is 0 Å². The van der Waals surface area contributed by atoms with Crippen molar-refractivity contribution >= 4 is 28.4 Å². The third-order valence-corrected chi connectivity index (χ3v) is 7.61. The van der Waals surface area contributed by atoms with Gasteiger partial charge in [0.2, 0.25) is 0 Å². The summed E-state index contributed by atoms with van der Waals surface area (Å²) < 4.78 is 0.557. The topological polar surface area (TPSA) is 17.1 Å². The van der Waals surface area contributed by atoms with Crippen LogP contribution in [0.2, 0.25) is 0 Å². The first kappa shape index (κ1) is 16.8. The van der Waals surface area contributed by atoms with Crippen LogP contribution >= 0.6 is 22.6 Å². The summed E-state index contributed by atoms with van der Waals surface area (Å²) in [6, 6.07) is 0. The zero-order valence-corrected chi connectivity index (χ0v) is 15.7. The lowest BCUT2D eigenvalue weighted by Gasteiger charge is -2.34. The van der Waals surface area contributed by atoms with Gasteiger partial charge < -0.3 is 0 Å². The number of carbonyl (C=O) groups is 1. The fourth-order valence-electron chi connectivity index (χ4n) is 4.14. The van der Waals surface area contributed by atoms with Crippen LogP contribution < -0.4 is 0 Å². The van der Waals surface area contributed by atoms with Crippen LogP contribution in [-0.2, 0) is 4.79 Å². The average molecular weight is 390 g/mol. The first-order chi connectivity index (χ1) is 9.31. The molecule has 0 aromatic heterocycles. The van der Waals surface area contributed by atoms with E-state index in [1.54, 1.807) is 0 Å². The molecule has 0 spiro atoms. The fraction of sp³-hybridized carbons (Fsp3) is 0.944. The Morgan fingerprint density at radius 2 is 1.80 bits per heavy atom. The number of carbonyl (C=O) groups excluding carboxylic acids is 1. The largest absolute Gasteiger partial charge is 0.299 e. The van der Waals surface area contributed by atoms with Crippen LogP contribution in [0.1, 0.15) is 91.4 Å². The molecule has 2 heteroatoms. The van der Waals surface area contributed by atoms with Gasteiger partial charge in [-0.2, -0.15) is 0 Å². The van der Waals surface area contributed by atoms with Crippen molar-refractivity contribution in [3.05, 3.63) is 0 Å². The van der Waals surface area contributed by atoms with Crippen LogP contribution in [0, 0.1) is 10.8 Å². The molecule has 2 rings (SSSR count). The van der Waals surface area contributed by atoms with Crippen molar-refractivity contribution in [2.45, 2.75) is 94.8 Å². The van der Waals surface area contributed by atoms with E-state index < -0.39 is 0 Å². The number of ketones is 1. The second-order valence-corrected chi connectivity index (χ2v) is 10.3. The minimum absolute atomic E-state index is 0.113. The summed E-state index contributed by atoms with van der Waals surface area (Å²) in [6.07, 6.45) is 14.1. The van der Waals surface area contributed by atoms with Gasteiger partial charge in [-0.05, 0) is 50.4 Å². The molecule has 2 atom stereocenters. The SMILES string of the molecule is CCC(C)(C)C(=O)CCC12CCCCCC(I)(CC1)C2. The van der Waals surface area contributed by atoms with Crippen LogP contribution in [0.15, 0.2) is 0 Å². The maximum absolute atomic E-state index is 12.4. The highest BCUT2D eigenvalue weighted by atomic mass is 127. The maximum Gasteiger partial charge on any atom is 0.138 e. The molecule has 0 radical (unpaired) electrons. The van der Waals surface area contributed by atoms with E-state index in [0.717, 1.165) is 19.3 Å². The van der Waals surface area contributed by atoms with E-state index in [2.05, 4.69) is 43.4 Å². The van der Waals surface area contributed by atoms with Crippen molar-refractivity contribution in [3.8, 4) is 0 Å². The van der Waals surface area contributed by atoms with E-state index in [1.165, 1.54) is 51.4 Å². The van der Waals surface area contributed by atoms with Crippen molar-refractivity contribution in [3.63, 3.8) is 0 Å². The summed E-state index contributed by atoms with van der Waals surface area (Å²) in [6.45, 7) is 6.36. The van der Waals surface area contributed by atoms with Gasteiger partial charge in [-0.15, -0.1) is 0 Å². The second-order valence-electron chi connectivity index (χ2n) is 8.05. The zero-order valence-electron chi connectivity index (χ0n) is 13.6. The van der Waals surface area contributed by atoms with E-state index in [4.69, 9.17) is 0 Å². The molecular formula is C18H31IO. The van der Waals surface area contributed by atoms with Gasteiger partial charge in [0.15, 0.2) is 0 Å². The van der Waals surface area contributed by atoms with Gasteiger partial charge in [0.25, 0.3) is 0 Å². The molecule has 2 unspecified atom stereocenters. The van der Waals surface area contributed by atoms with E-state index in [0.29, 0.717) is 14.6 Å². The first-order valence-corrected chi connectivity index (χ1v) is 9.61. The fourth-order valence-corrected chi connectivity index (χ4v) is 5.60. The highest BCUT2D eigenvalue weighted by Crippen LogP contribution is 2.57. The quantitative estimate of drug-likeness (QED) is 0.411. The number of rotatable bonds is 5. The Labute approximate surface area is 138 Å². The van der Waals surface area contributed by atoms with Gasteiger partial charge in [-0.1, -0.05) is 62.6 Å². The molecule has 20 heavy (non-hydrogen) atoms. The number of hydrogen-bond acceptors (Lipinski definition) is 1. The van der Waals surface area contributed by atoms with Gasteiger partial charge >= 0.3 is 0 Å². The molecule has 0 heterocycles. The van der Waals surface area contributed by atoms with Gasteiger partial charge in [-0.3, -0.25) is 4.79 Å². The number of hydrogen-bond donors (Lipinski definition) is 0. The minimum atomic E-state index is -0.113. The molecule has 1 nitrogen and oxygen atoms in total. The van der Waals surface area contributed by atoms with E-state index in [9.17, 15) is 4.79 Å². The van der Waals surface area contributed by atoms with Gasteiger partial charge in [0, 0.05) is 15.3 Å². The molecular weight excluding hydrogens is 359 g/mol. The Balaban J connectivity index is 1.98. The molecule has 2 aliphatic carbocycles. The third kappa shape index (κ3) is 3.78. The summed E-state index contributed by atoms with van der Waals surface area (Å²) >= 11 is 2.74. The van der Waals surface area contributed by atoms with Crippen molar-refractivity contribution < 1.29 is 4.79 Å². The standard InChI is InChI=1S/C18H31IO/c1-4-16(2,3)15(20)8-11-17-9-6-5-7-10-18(19,14-17)13-12-17/h4-14H2,1-3H3. The molecule has 0 amide bonds. The minimum Gasteiger partial charge on any atom is -0.299 e. The number of alkyl halides is 1. The van der Waals surface area contributed by atoms with Crippen LogP contribution in [0.3, 0.4) is 0 Å². The molecule has 2 saturated carbocycles. The summed E-state index contributed by atoms with van der Waals surface area (Å²) in [5, 5.41) is 0. The molecule has 2 bridgehead atoms. The number of Topliss-reactive ketones (excluding diaryl/α,β-unsaturated/α-hetero) is 1. The molecule has 2 aliphatic rings. The summed E-state index contributed by atoms with van der Waals surface area (Å²) in [5.74, 6) is 0.488. The van der Waals surface area contributed by atoms with Crippen LogP contribution in [0.25, 0.3) is 0 Å². The van der Waals surface area contributed by atoms with Crippen LogP contribution in [-0.4, -0.2) is 9.20 Å². The average Bonchev–Trinajstić information content (AvgIpc) is 2.75. The summed E-state index contributed by atoms with van der Waals surface area (Å²) in [5.41, 5.74) is 0.388. The molecule has 0 aromatic rings. The molecule has 0 N–H and O–H groups in total. The summed E-state index contributed by atoms with van der Waals surface area (Å²) in [7, 11) is 0. The highest BCUT2D eigenvalue weighted by Gasteiger charge is 2.46. The lowest BCUT2D eigenvalue weighted by Crippen LogP contribution is -2.28. The van der Waals surface area contributed by atoms with Crippen molar-refractivity contribution in [2.75, 3.05) is 0 Å². The van der Waals surface area contributed by atoms with Crippen molar-refractivity contribution in [1.29, 1.82) is 0 Å². The zero-order chi connectivity index (χ0) is 14.9. The smallest absolute Gasteiger partial charge is 0.138 e. The Kier molecular flexibility index (Phi) is 5.24. The summed E-state index contributed by atoms with van der Waals surface area (Å²) in [4.78, 5) is 12.4.